The van der Waals surface area contributed by atoms with Gasteiger partial charge in [-0.2, -0.15) is 0 Å². The first kappa shape index (κ1) is 35.2. The Hall–Kier alpha value is -5.52. The summed E-state index contributed by atoms with van der Waals surface area (Å²) in [5, 5.41) is 0. The highest BCUT2D eigenvalue weighted by Gasteiger charge is 2.56. The summed E-state index contributed by atoms with van der Waals surface area (Å²) < 4.78 is 11.5. The lowest BCUT2D eigenvalue weighted by molar-refractivity contribution is 0.0137. The molecule has 6 atom stereocenters. The van der Waals surface area contributed by atoms with Crippen LogP contribution in [0.15, 0.2) is 60.7 Å². The van der Waals surface area contributed by atoms with Crippen LogP contribution in [0.25, 0.3) is 55.6 Å². The normalized spacial score (nSPS) is 23.9. The van der Waals surface area contributed by atoms with Gasteiger partial charge in [-0.15, -0.1) is 0 Å². The molecule has 12 nitrogen and oxygen atoms in total. The molecule has 9 rings (SSSR count). The van der Waals surface area contributed by atoms with Crippen LogP contribution in [0, 0.1) is 11.8 Å². The van der Waals surface area contributed by atoms with E-state index in [2.05, 4.69) is 35.9 Å². The number of fused-ring (bicyclic) bond motifs is 4. The summed E-state index contributed by atoms with van der Waals surface area (Å²) in [5.41, 5.74) is 7.51. The second kappa shape index (κ2) is 12.5. The fourth-order valence-electron chi connectivity index (χ4n) is 8.37. The van der Waals surface area contributed by atoms with Crippen LogP contribution >= 0.6 is 0 Å². The molecule has 2 N–H and O–H groups in total. The molecule has 3 fully saturated rings. The third-order valence-corrected chi connectivity index (χ3v) is 11.3. The Morgan fingerprint density at radius 3 is 1.60 bits per heavy atom. The van der Waals surface area contributed by atoms with Crippen molar-refractivity contribution in [3.05, 3.63) is 72.3 Å². The van der Waals surface area contributed by atoms with Gasteiger partial charge < -0.3 is 19.4 Å². The van der Waals surface area contributed by atoms with Crippen LogP contribution < -0.4 is 0 Å². The molecular weight excluding hydrogens is 693 g/mol. The maximum atomic E-state index is 13.3. The van der Waals surface area contributed by atoms with Gasteiger partial charge in [0.15, 0.2) is 0 Å². The van der Waals surface area contributed by atoms with Crippen molar-refractivity contribution in [1.82, 2.24) is 39.7 Å². The molecule has 2 aliphatic heterocycles. The molecule has 2 saturated heterocycles. The number of hydrogen-bond acceptors (Lipinski definition) is 8. The Kier molecular flexibility index (Phi) is 8.00. The highest BCUT2D eigenvalue weighted by Crippen LogP contribution is 2.53. The van der Waals surface area contributed by atoms with Crippen LogP contribution in [-0.4, -0.2) is 75.2 Å². The lowest BCUT2D eigenvalue weighted by Gasteiger charge is -2.31. The molecule has 3 aliphatic rings. The molecule has 0 radical (unpaired) electrons. The van der Waals surface area contributed by atoms with E-state index in [0.717, 1.165) is 86.5 Å². The second-order valence-corrected chi connectivity index (χ2v) is 17.7. The van der Waals surface area contributed by atoms with Gasteiger partial charge in [0.25, 0.3) is 0 Å². The molecule has 6 aromatic rings. The molecule has 12 heteroatoms. The summed E-state index contributed by atoms with van der Waals surface area (Å²) in [7, 11) is 0. The molecule has 2 aromatic carbocycles. The van der Waals surface area contributed by atoms with Crippen LogP contribution in [-0.2, 0) is 9.47 Å². The van der Waals surface area contributed by atoms with Crippen LogP contribution in [0.3, 0.4) is 0 Å². The zero-order valence-corrected chi connectivity index (χ0v) is 32.7. The fraction of sp³-hybridized carbons (Fsp3) is 0.442. The minimum atomic E-state index is -0.580. The molecule has 55 heavy (non-hydrogen) atoms. The third-order valence-electron chi connectivity index (χ3n) is 11.3. The first-order valence-electron chi connectivity index (χ1n) is 19.4. The molecule has 0 spiro atoms. The standard InChI is InChI=1S/C43H48N8O4/c1-22-17-36(50(23(22)2)40(52)54-42(3,4)5)38-46-31-11-9-24(18-33(31)48-38)27-13-15-30-29(44-27)16-14-28(45-30)25-10-12-32-34(19-25)49-39(47-32)37-21-26-20-35(26)51(37)41(53)55-43(6,7)8/h9-16,18-19,22-23,26,35-37H,17,20-21H2,1-8H3,(H,46,48)(H,47,49)/t22-,23-,26-,35-,36+,37+/m1/s1. The number of aromatic amines is 2. The molecule has 2 amide bonds. The van der Waals surface area contributed by atoms with E-state index >= 15 is 0 Å². The number of benzene rings is 2. The summed E-state index contributed by atoms with van der Waals surface area (Å²) in [6, 6.07) is 20.2. The quantitative estimate of drug-likeness (QED) is 0.182. The molecule has 0 bridgehead atoms. The minimum absolute atomic E-state index is 0.0338. The predicted molar refractivity (Wildman–Crippen MR) is 211 cm³/mol. The first-order chi connectivity index (χ1) is 26.1. The number of carbonyl (C=O) groups excluding carboxylic acids is 2. The topological polar surface area (TPSA) is 142 Å². The Morgan fingerprint density at radius 1 is 0.618 bits per heavy atom. The number of H-pyrrole nitrogens is 2. The zero-order chi connectivity index (χ0) is 38.6. The number of pyridine rings is 2. The van der Waals surface area contributed by atoms with Gasteiger partial charge in [0.1, 0.15) is 22.9 Å². The van der Waals surface area contributed by atoms with Gasteiger partial charge in [0, 0.05) is 23.2 Å². The second-order valence-electron chi connectivity index (χ2n) is 17.7. The van der Waals surface area contributed by atoms with E-state index in [1.54, 1.807) is 0 Å². The van der Waals surface area contributed by atoms with Crippen molar-refractivity contribution < 1.29 is 19.1 Å². The van der Waals surface area contributed by atoms with E-state index in [4.69, 9.17) is 29.4 Å². The van der Waals surface area contributed by atoms with Crippen LogP contribution in [0.2, 0.25) is 0 Å². The van der Waals surface area contributed by atoms with Crippen LogP contribution in [0.5, 0.6) is 0 Å². The average Bonchev–Trinajstić information content (AvgIpc) is 3.46. The van der Waals surface area contributed by atoms with Gasteiger partial charge >= 0.3 is 12.2 Å². The maximum absolute atomic E-state index is 13.3. The van der Waals surface area contributed by atoms with E-state index in [-0.39, 0.29) is 36.4 Å². The molecule has 4 aromatic heterocycles. The third kappa shape index (κ3) is 6.55. The highest BCUT2D eigenvalue weighted by atomic mass is 16.6. The monoisotopic (exact) mass is 740 g/mol. The first-order valence-corrected chi connectivity index (χ1v) is 19.4. The average molecular weight is 741 g/mol. The smallest absolute Gasteiger partial charge is 0.411 e. The number of carbonyl (C=O) groups is 2. The van der Waals surface area contributed by atoms with Gasteiger partial charge in [-0.1, -0.05) is 19.1 Å². The molecule has 6 heterocycles. The number of likely N-dealkylation sites (tertiary alicyclic amines) is 2. The number of nitrogens with one attached hydrogen (secondary N) is 2. The van der Waals surface area contributed by atoms with Crippen molar-refractivity contribution in [3.8, 4) is 22.5 Å². The van der Waals surface area contributed by atoms with Gasteiger partial charge in [0.2, 0.25) is 0 Å². The number of aromatic nitrogens is 6. The summed E-state index contributed by atoms with van der Waals surface area (Å²) in [6.07, 6.45) is 2.14. The lowest BCUT2D eigenvalue weighted by Crippen LogP contribution is -2.41. The van der Waals surface area contributed by atoms with E-state index in [9.17, 15) is 9.59 Å². The van der Waals surface area contributed by atoms with Crippen molar-refractivity contribution in [2.45, 2.75) is 110 Å². The number of amides is 2. The molecule has 1 aliphatic carbocycles. The highest BCUT2D eigenvalue weighted by molar-refractivity contribution is 5.86. The SMILES string of the molecule is C[C@@H]1C[C@@H](c2nc3ccc(-c4ccc5nc(-c6ccc7nc([C@@H]8C[C@H]9C[C@H]9N8C(=O)OC(C)(C)C)[nH]c7c6)ccc5n4)cc3[nH]2)N(C(=O)OC(C)(C)C)[C@@H]1C. The van der Waals surface area contributed by atoms with Gasteiger partial charge in [-0.25, -0.2) is 29.5 Å². The number of hydrogen-bond donors (Lipinski definition) is 2. The minimum Gasteiger partial charge on any atom is -0.444 e. The molecule has 0 unspecified atom stereocenters. The van der Waals surface area contributed by atoms with Crippen molar-refractivity contribution in [1.29, 1.82) is 0 Å². The fourth-order valence-corrected chi connectivity index (χ4v) is 8.37. The zero-order valence-electron chi connectivity index (χ0n) is 32.7. The molecule has 284 valence electrons. The van der Waals surface area contributed by atoms with Crippen molar-refractivity contribution in [3.63, 3.8) is 0 Å². The van der Waals surface area contributed by atoms with E-state index < -0.39 is 11.2 Å². The Balaban J connectivity index is 0.949. The summed E-state index contributed by atoms with van der Waals surface area (Å²) >= 11 is 0. The Bertz CT molecular complexity index is 2490. The summed E-state index contributed by atoms with van der Waals surface area (Å²) in [6.45, 7) is 15.6. The maximum Gasteiger partial charge on any atom is 0.411 e. The number of nitrogens with zero attached hydrogens (tertiary/aromatic N) is 6. The number of imidazole rings is 2. The van der Waals surface area contributed by atoms with Crippen molar-refractivity contribution in [2.24, 2.45) is 11.8 Å². The number of piperidine rings is 1. The van der Waals surface area contributed by atoms with Gasteiger partial charge in [0.05, 0.1) is 56.6 Å². The van der Waals surface area contributed by atoms with Crippen LogP contribution in [0.4, 0.5) is 9.59 Å². The number of rotatable bonds is 4. The molecular formula is C43H48N8O4. The van der Waals surface area contributed by atoms with E-state index in [1.807, 2.05) is 99.9 Å². The van der Waals surface area contributed by atoms with Gasteiger partial charge in [-0.3, -0.25) is 9.80 Å². The summed E-state index contributed by atoms with van der Waals surface area (Å²) in [5.74, 6) is 2.37. The van der Waals surface area contributed by atoms with E-state index in [1.165, 1.54) is 0 Å². The Morgan fingerprint density at radius 2 is 1.09 bits per heavy atom. The number of ether oxygens (including phenoxy) is 2. The largest absolute Gasteiger partial charge is 0.444 e. The van der Waals surface area contributed by atoms with Crippen LogP contribution in [0.1, 0.15) is 98.4 Å². The predicted octanol–water partition coefficient (Wildman–Crippen LogP) is 9.49. The van der Waals surface area contributed by atoms with Gasteiger partial charge in [-0.05, 0) is 128 Å². The van der Waals surface area contributed by atoms with E-state index in [0.29, 0.717) is 11.8 Å². The lowest BCUT2D eigenvalue weighted by atomic mass is 10.0. The molecule has 1 saturated carbocycles. The van der Waals surface area contributed by atoms with Crippen molar-refractivity contribution in [2.75, 3.05) is 0 Å². The Labute approximate surface area is 320 Å². The summed E-state index contributed by atoms with van der Waals surface area (Å²) in [4.78, 5) is 57.0. The van der Waals surface area contributed by atoms with Crippen molar-refractivity contribution >= 4 is 45.3 Å².